The maximum Gasteiger partial charge on any atom is 0.319 e. The number of hydrogen-bond acceptors (Lipinski definition) is 2. The lowest BCUT2D eigenvalue weighted by molar-refractivity contribution is 0.101. The van der Waals surface area contributed by atoms with Crippen molar-refractivity contribution in [2.75, 3.05) is 11.9 Å². The molecule has 2 aromatic carbocycles. The van der Waals surface area contributed by atoms with Crippen LogP contribution in [0.15, 0.2) is 54.6 Å². The summed E-state index contributed by atoms with van der Waals surface area (Å²) < 4.78 is 0. The Hall–Kier alpha value is -2.62. The van der Waals surface area contributed by atoms with Crippen molar-refractivity contribution in [2.45, 2.75) is 31.6 Å². The van der Waals surface area contributed by atoms with Gasteiger partial charge in [0, 0.05) is 23.2 Å². The molecule has 0 radical (unpaired) electrons. The van der Waals surface area contributed by atoms with Crippen LogP contribution < -0.4 is 10.6 Å². The highest BCUT2D eigenvalue weighted by molar-refractivity contribution is 5.96. The number of rotatable bonds is 5. The SMILES string of the molecule is CC(=O)c1cccc(NC(=O)NCC2(c3ccccc3)CCC2)c1. The minimum absolute atomic E-state index is 0.0171. The van der Waals surface area contributed by atoms with Crippen molar-refractivity contribution in [1.29, 1.82) is 0 Å². The third kappa shape index (κ3) is 3.48. The Kier molecular flexibility index (Phi) is 4.65. The Morgan fingerprint density at radius 1 is 1.04 bits per heavy atom. The molecule has 0 bridgehead atoms. The first-order chi connectivity index (χ1) is 11.6. The first kappa shape index (κ1) is 16.2. The van der Waals surface area contributed by atoms with Gasteiger partial charge in [-0.1, -0.05) is 48.9 Å². The standard InChI is InChI=1S/C20H22N2O2/c1-15(23)16-7-5-10-18(13-16)22-19(24)21-14-20(11-6-12-20)17-8-3-2-4-9-17/h2-5,7-10,13H,6,11-12,14H2,1H3,(H2,21,22,24). The van der Waals surface area contributed by atoms with Gasteiger partial charge in [0.05, 0.1) is 0 Å². The van der Waals surface area contributed by atoms with E-state index >= 15 is 0 Å². The quantitative estimate of drug-likeness (QED) is 0.813. The van der Waals surface area contributed by atoms with E-state index in [4.69, 9.17) is 0 Å². The molecule has 0 heterocycles. The highest BCUT2D eigenvalue weighted by atomic mass is 16.2. The Morgan fingerprint density at radius 2 is 1.79 bits per heavy atom. The van der Waals surface area contributed by atoms with Gasteiger partial charge in [-0.3, -0.25) is 4.79 Å². The Labute approximate surface area is 142 Å². The normalized spacial score (nSPS) is 15.2. The molecule has 1 aliphatic carbocycles. The van der Waals surface area contributed by atoms with Crippen molar-refractivity contribution in [3.63, 3.8) is 0 Å². The van der Waals surface area contributed by atoms with E-state index in [0.29, 0.717) is 17.8 Å². The molecule has 4 nitrogen and oxygen atoms in total. The molecular weight excluding hydrogens is 300 g/mol. The van der Waals surface area contributed by atoms with Gasteiger partial charge in [-0.2, -0.15) is 0 Å². The zero-order valence-corrected chi connectivity index (χ0v) is 13.8. The van der Waals surface area contributed by atoms with Gasteiger partial charge in [-0.05, 0) is 37.5 Å². The van der Waals surface area contributed by atoms with E-state index in [1.807, 2.05) is 18.2 Å². The lowest BCUT2D eigenvalue weighted by Crippen LogP contribution is -2.46. The second-order valence-corrected chi connectivity index (χ2v) is 6.44. The van der Waals surface area contributed by atoms with Crippen LogP contribution in [0.25, 0.3) is 0 Å². The predicted molar refractivity (Wildman–Crippen MR) is 95.4 cm³/mol. The highest BCUT2D eigenvalue weighted by Gasteiger charge is 2.38. The average Bonchev–Trinajstić information content (AvgIpc) is 2.55. The Morgan fingerprint density at radius 3 is 2.42 bits per heavy atom. The summed E-state index contributed by atoms with van der Waals surface area (Å²) in [6, 6.07) is 17.1. The molecule has 124 valence electrons. The van der Waals surface area contributed by atoms with Gasteiger partial charge < -0.3 is 10.6 Å². The van der Waals surface area contributed by atoms with Crippen molar-refractivity contribution < 1.29 is 9.59 Å². The van der Waals surface area contributed by atoms with Gasteiger partial charge in [0.15, 0.2) is 5.78 Å². The van der Waals surface area contributed by atoms with Crippen molar-refractivity contribution in [1.82, 2.24) is 5.32 Å². The minimum atomic E-state index is -0.238. The van der Waals surface area contributed by atoms with Crippen LogP contribution in [-0.4, -0.2) is 18.4 Å². The average molecular weight is 322 g/mol. The molecule has 0 atom stereocenters. The van der Waals surface area contributed by atoms with Crippen LogP contribution in [0.4, 0.5) is 10.5 Å². The monoisotopic (exact) mass is 322 g/mol. The fourth-order valence-electron chi connectivity index (χ4n) is 3.20. The molecule has 0 unspecified atom stereocenters. The number of hydrogen-bond donors (Lipinski definition) is 2. The smallest absolute Gasteiger partial charge is 0.319 e. The van der Waals surface area contributed by atoms with Crippen LogP contribution in [0.5, 0.6) is 0 Å². The van der Waals surface area contributed by atoms with Crippen LogP contribution >= 0.6 is 0 Å². The maximum absolute atomic E-state index is 12.2. The molecule has 1 aliphatic rings. The molecule has 0 aromatic heterocycles. The molecule has 2 N–H and O–H groups in total. The molecule has 1 saturated carbocycles. The summed E-state index contributed by atoms with van der Waals surface area (Å²) in [7, 11) is 0. The van der Waals surface area contributed by atoms with E-state index in [2.05, 4.69) is 22.8 Å². The topological polar surface area (TPSA) is 58.2 Å². The number of urea groups is 1. The molecule has 4 heteroatoms. The van der Waals surface area contributed by atoms with E-state index in [1.54, 1.807) is 24.3 Å². The van der Waals surface area contributed by atoms with Crippen LogP contribution in [0.3, 0.4) is 0 Å². The van der Waals surface area contributed by atoms with Gasteiger partial charge in [0.25, 0.3) is 0 Å². The van der Waals surface area contributed by atoms with E-state index < -0.39 is 0 Å². The van der Waals surface area contributed by atoms with Crippen LogP contribution in [0.2, 0.25) is 0 Å². The first-order valence-electron chi connectivity index (χ1n) is 8.30. The fraction of sp³-hybridized carbons (Fsp3) is 0.300. The molecule has 0 spiro atoms. The molecule has 0 aliphatic heterocycles. The van der Waals surface area contributed by atoms with Gasteiger partial charge in [-0.25, -0.2) is 4.79 Å². The maximum atomic E-state index is 12.2. The van der Waals surface area contributed by atoms with Gasteiger partial charge >= 0.3 is 6.03 Å². The largest absolute Gasteiger partial charge is 0.337 e. The van der Waals surface area contributed by atoms with Crippen molar-refractivity contribution in [2.24, 2.45) is 0 Å². The third-order valence-electron chi connectivity index (χ3n) is 4.81. The van der Waals surface area contributed by atoms with Gasteiger partial charge in [-0.15, -0.1) is 0 Å². The molecule has 0 saturated heterocycles. The summed E-state index contributed by atoms with van der Waals surface area (Å²) in [5, 5.41) is 5.79. The number of amides is 2. The summed E-state index contributed by atoms with van der Waals surface area (Å²) in [5.74, 6) is -0.0171. The third-order valence-corrected chi connectivity index (χ3v) is 4.81. The van der Waals surface area contributed by atoms with Crippen molar-refractivity contribution >= 4 is 17.5 Å². The molecule has 2 amide bonds. The first-order valence-corrected chi connectivity index (χ1v) is 8.30. The van der Waals surface area contributed by atoms with E-state index in [9.17, 15) is 9.59 Å². The summed E-state index contributed by atoms with van der Waals surface area (Å²) in [6.45, 7) is 2.13. The van der Waals surface area contributed by atoms with Crippen LogP contribution in [0, 0.1) is 0 Å². The minimum Gasteiger partial charge on any atom is -0.337 e. The summed E-state index contributed by atoms with van der Waals surface area (Å²) in [4.78, 5) is 23.6. The zero-order valence-electron chi connectivity index (χ0n) is 13.8. The number of anilines is 1. The predicted octanol–water partition coefficient (Wildman–Crippen LogP) is 4.13. The second kappa shape index (κ2) is 6.87. The summed E-state index contributed by atoms with van der Waals surface area (Å²) in [6.07, 6.45) is 3.38. The van der Waals surface area contributed by atoms with Crippen molar-refractivity contribution in [3.8, 4) is 0 Å². The zero-order chi connectivity index (χ0) is 17.0. The molecule has 3 rings (SSSR count). The van der Waals surface area contributed by atoms with E-state index in [1.165, 1.54) is 18.9 Å². The number of carbonyl (C=O) groups is 2. The number of benzene rings is 2. The second-order valence-electron chi connectivity index (χ2n) is 6.44. The molecule has 2 aromatic rings. The van der Waals surface area contributed by atoms with E-state index in [-0.39, 0.29) is 17.2 Å². The summed E-state index contributed by atoms with van der Waals surface area (Å²) in [5.41, 5.74) is 2.56. The Bertz CT molecular complexity index is 736. The lowest BCUT2D eigenvalue weighted by atomic mass is 9.64. The van der Waals surface area contributed by atoms with Crippen molar-refractivity contribution in [3.05, 3.63) is 65.7 Å². The number of ketones is 1. The summed E-state index contributed by atoms with van der Waals surface area (Å²) >= 11 is 0. The fourth-order valence-corrected chi connectivity index (χ4v) is 3.20. The number of carbonyl (C=O) groups excluding carboxylic acids is 2. The Balaban J connectivity index is 1.61. The molecule has 24 heavy (non-hydrogen) atoms. The molecule has 1 fully saturated rings. The van der Waals surface area contributed by atoms with Crippen LogP contribution in [0.1, 0.15) is 42.1 Å². The number of Topliss-reactive ketones (excluding diaryl/α,β-unsaturated/α-hetero) is 1. The molecular formula is C20H22N2O2. The lowest BCUT2D eigenvalue weighted by Gasteiger charge is -2.42. The number of nitrogens with one attached hydrogen (secondary N) is 2. The van der Waals surface area contributed by atoms with Crippen LogP contribution in [-0.2, 0) is 5.41 Å². The van der Waals surface area contributed by atoms with Gasteiger partial charge in [0.1, 0.15) is 0 Å². The highest BCUT2D eigenvalue weighted by Crippen LogP contribution is 2.43. The van der Waals surface area contributed by atoms with E-state index in [0.717, 1.165) is 12.8 Å². The van der Waals surface area contributed by atoms with Gasteiger partial charge in [0.2, 0.25) is 0 Å².